The molecule has 0 N–H and O–H groups in total. The van der Waals surface area contributed by atoms with Gasteiger partial charge in [0.2, 0.25) is 0 Å². The number of aromatic nitrogens is 5. The number of nitrogens with zero attached hydrogens (tertiary/aromatic N) is 5. The van der Waals surface area contributed by atoms with Crippen LogP contribution in [0.15, 0.2) is 46.3 Å². The Labute approximate surface area is 234 Å². The van der Waals surface area contributed by atoms with Crippen LogP contribution in [0.3, 0.4) is 0 Å². The van der Waals surface area contributed by atoms with E-state index in [1.54, 1.807) is 30.9 Å². The largest absolute Gasteiger partial charge is 0.277 e. The molecule has 2 aliphatic rings. The number of hydrogen-bond acceptors (Lipinski definition) is 6. The number of hydrogen-bond donors (Lipinski definition) is 0. The highest BCUT2D eigenvalue weighted by molar-refractivity contribution is 7.90. The molecule has 0 aliphatic heterocycles. The minimum absolute atomic E-state index is 0.00796. The fourth-order valence-corrected chi connectivity index (χ4v) is 6.30. The maximum absolute atomic E-state index is 16.1. The zero-order valence-corrected chi connectivity index (χ0v) is 23.6. The molecule has 2 aliphatic carbocycles. The van der Waals surface area contributed by atoms with E-state index in [9.17, 15) is 13.2 Å². The molecule has 4 aromatic rings. The second-order valence-electron chi connectivity index (χ2n) is 10.8. The average molecular weight is 586 g/mol. The van der Waals surface area contributed by atoms with Gasteiger partial charge in [-0.25, -0.2) is 17.2 Å². The smallest absolute Gasteiger partial charge is 0.274 e. The van der Waals surface area contributed by atoms with Gasteiger partial charge in [-0.05, 0) is 74.3 Å². The first-order valence-electron chi connectivity index (χ1n) is 12.9. The fraction of sp³-hybridized carbons (Fsp3) is 0.357. The fourth-order valence-electron chi connectivity index (χ4n) is 5.25. The zero-order valence-electron chi connectivity index (χ0n) is 22.0. The summed E-state index contributed by atoms with van der Waals surface area (Å²) >= 11 is 6.61. The van der Waals surface area contributed by atoms with Crippen molar-refractivity contribution in [3.8, 4) is 16.9 Å². The standard InChI is InChI=1S/C28H26ClF2N5O3S/c1-14-11-32-26(17-5-4-6-22(24(17)30)40(3,38)39)25(31)27(14)36-15(2)9-20(23(29)28(36)37)18-10-19(18)21-12-33-35(34-21)13-16-7-8-16/h4-6,9,11-12,16,18-19H,7-8,10,13H2,1-3H3/t18-,19-/m0/s1. The summed E-state index contributed by atoms with van der Waals surface area (Å²) in [6.07, 6.45) is 7.13. The lowest BCUT2D eigenvalue weighted by Crippen LogP contribution is -2.24. The summed E-state index contributed by atoms with van der Waals surface area (Å²) in [5, 5.41) is 8.96. The number of benzene rings is 1. The molecule has 12 heteroatoms. The lowest BCUT2D eigenvalue weighted by Gasteiger charge is -2.18. The van der Waals surface area contributed by atoms with Crippen LogP contribution in [-0.2, 0) is 16.4 Å². The van der Waals surface area contributed by atoms with E-state index in [4.69, 9.17) is 11.6 Å². The number of pyridine rings is 2. The highest BCUT2D eigenvalue weighted by atomic mass is 35.5. The van der Waals surface area contributed by atoms with Crippen LogP contribution in [0.2, 0.25) is 5.02 Å². The molecule has 0 bridgehead atoms. The van der Waals surface area contributed by atoms with Crippen LogP contribution in [0.1, 0.15) is 53.6 Å². The maximum atomic E-state index is 16.1. The van der Waals surface area contributed by atoms with E-state index in [-0.39, 0.29) is 28.1 Å². The Morgan fingerprint density at radius 1 is 1.10 bits per heavy atom. The van der Waals surface area contributed by atoms with Crippen molar-refractivity contribution in [2.45, 2.75) is 56.4 Å². The summed E-state index contributed by atoms with van der Waals surface area (Å²) in [5.41, 5.74) is 0.828. The molecule has 6 rings (SSSR count). The van der Waals surface area contributed by atoms with Crippen LogP contribution in [0.25, 0.3) is 16.9 Å². The molecule has 2 atom stereocenters. The minimum Gasteiger partial charge on any atom is -0.277 e. The second-order valence-corrected chi connectivity index (χ2v) is 13.1. The van der Waals surface area contributed by atoms with Gasteiger partial charge in [0, 0.05) is 29.6 Å². The van der Waals surface area contributed by atoms with Gasteiger partial charge < -0.3 is 0 Å². The van der Waals surface area contributed by atoms with Crippen LogP contribution in [0, 0.1) is 31.4 Å². The van der Waals surface area contributed by atoms with Gasteiger partial charge >= 0.3 is 0 Å². The Morgan fingerprint density at radius 3 is 2.55 bits per heavy atom. The Morgan fingerprint density at radius 2 is 1.85 bits per heavy atom. The molecule has 3 heterocycles. The topological polar surface area (TPSA) is 99.7 Å². The SMILES string of the molecule is Cc1cnc(-c2cccc(S(C)(=O)=O)c2F)c(F)c1-n1c(C)cc([C@H]2C[C@@H]2c2cnn(CC3CC3)n2)c(Cl)c1=O. The Balaban J connectivity index is 1.38. The van der Waals surface area contributed by atoms with Crippen molar-refractivity contribution in [1.29, 1.82) is 0 Å². The zero-order chi connectivity index (χ0) is 28.5. The highest BCUT2D eigenvalue weighted by Gasteiger charge is 2.43. The summed E-state index contributed by atoms with van der Waals surface area (Å²) in [4.78, 5) is 18.8. The van der Waals surface area contributed by atoms with Gasteiger partial charge in [0.05, 0.1) is 24.1 Å². The summed E-state index contributed by atoms with van der Waals surface area (Å²) in [6, 6.07) is 5.43. The monoisotopic (exact) mass is 585 g/mol. The predicted molar refractivity (Wildman–Crippen MR) is 146 cm³/mol. The molecule has 0 amide bonds. The van der Waals surface area contributed by atoms with Crippen molar-refractivity contribution in [2.24, 2.45) is 5.92 Å². The van der Waals surface area contributed by atoms with Gasteiger partial charge in [0.25, 0.3) is 5.56 Å². The molecular weight excluding hydrogens is 560 g/mol. The molecule has 40 heavy (non-hydrogen) atoms. The molecule has 1 aromatic carbocycles. The molecule has 3 aromatic heterocycles. The minimum atomic E-state index is -3.91. The van der Waals surface area contributed by atoms with E-state index in [2.05, 4.69) is 15.2 Å². The first kappa shape index (κ1) is 26.8. The van der Waals surface area contributed by atoms with Crippen molar-refractivity contribution in [1.82, 2.24) is 24.5 Å². The van der Waals surface area contributed by atoms with Gasteiger partial charge in [-0.15, -0.1) is 0 Å². The van der Waals surface area contributed by atoms with E-state index in [0.29, 0.717) is 22.7 Å². The average Bonchev–Trinajstić information content (AvgIpc) is 3.82. The second kappa shape index (κ2) is 9.59. The molecule has 0 radical (unpaired) electrons. The lowest BCUT2D eigenvalue weighted by atomic mass is 10.1. The van der Waals surface area contributed by atoms with E-state index in [1.165, 1.54) is 31.2 Å². The quantitative estimate of drug-likeness (QED) is 0.298. The van der Waals surface area contributed by atoms with Gasteiger partial charge in [-0.3, -0.25) is 14.3 Å². The van der Waals surface area contributed by atoms with Crippen LogP contribution in [0.4, 0.5) is 8.78 Å². The summed E-state index contributed by atoms with van der Waals surface area (Å²) in [6.45, 7) is 4.07. The Kier molecular flexibility index (Phi) is 6.42. The van der Waals surface area contributed by atoms with E-state index in [1.807, 2.05) is 0 Å². The number of rotatable bonds is 7. The van der Waals surface area contributed by atoms with E-state index in [0.717, 1.165) is 35.5 Å². The number of halogens is 3. The molecule has 0 unspecified atom stereocenters. The van der Waals surface area contributed by atoms with E-state index >= 15 is 8.78 Å². The first-order valence-corrected chi connectivity index (χ1v) is 15.2. The van der Waals surface area contributed by atoms with Crippen LogP contribution < -0.4 is 5.56 Å². The lowest BCUT2D eigenvalue weighted by molar-refractivity contribution is 0.494. The first-order chi connectivity index (χ1) is 19.0. The molecule has 208 valence electrons. The third-order valence-corrected chi connectivity index (χ3v) is 9.12. The molecule has 2 fully saturated rings. The number of aryl methyl sites for hydroxylation is 2. The van der Waals surface area contributed by atoms with Gasteiger partial charge in [0.1, 0.15) is 15.6 Å². The van der Waals surface area contributed by atoms with Crippen molar-refractivity contribution < 1.29 is 17.2 Å². The van der Waals surface area contributed by atoms with Crippen molar-refractivity contribution in [3.63, 3.8) is 0 Å². The molecule has 2 saturated carbocycles. The van der Waals surface area contributed by atoms with Gasteiger partial charge in [0.15, 0.2) is 21.5 Å². The normalized spacial score (nSPS) is 18.8. The maximum Gasteiger partial charge on any atom is 0.274 e. The van der Waals surface area contributed by atoms with Gasteiger partial charge in [-0.2, -0.15) is 15.0 Å². The summed E-state index contributed by atoms with van der Waals surface area (Å²) < 4.78 is 56.5. The third kappa shape index (κ3) is 4.64. The van der Waals surface area contributed by atoms with Crippen LogP contribution in [0.5, 0.6) is 0 Å². The number of sulfone groups is 1. The van der Waals surface area contributed by atoms with Crippen molar-refractivity contribution in [2.75, 3.05) is 6.26 Å². The Bertz CT molecular complexity index is 1850. The van der Waals surface area contributed by atoms with Crippen LogP contribution >= 0.6 is 11.6 Å². The van der Waals surface area contributed by atoms with E-state index < -0.39 is 37.6 Å². The Hall–Kier alpha value is -3.44. The molecule has 0 spiro atoms. The molecular formula is C28H26ClF2N5O3S. The summed E-state index contributed by atoms with van der Waals surface area (Å²) in [7, 11) is -3.91. The van der Waals surface area contributed by atoms with Crippen LogP contribution in [-0.4, -0.2) is 39.2 Å². The third-order valence-electron chi connectivity index (χ3n) is 7.62. The molecule has 8 nitrogen and oxygen atoms in total. The summed E-state index contributed by atoms with van der Waals surface area (Å²) in [5.74, 6) is -1.34. The van der Waals surface area contributed by atoms with Crippen molar-refractivity contribution in [3.05, 3.63) is 86.2 Å². The highest BCUT2D eigenvalue weighted by Crippen LogP contribution is 2.55. The van der Waals surface area contributed by atoms with Gasteiger partial charge in [-0.1, -0.05) is 17.7 Å². The predicted octanol–water partition coefficient (Wildman–Crippen LogP) is 5.12. The van der Waals surface area contributed by atoms with Crippen molar-refractivity contribution >= 4 is 21.4 Å². The molecule has 0 saturated heterocycles.